The van der Waals surface area contributed by atoms with Gasteiger partial charge in [-0.2, -0.15) is 0 Å². The number of hydrogen-bond donors (Lipinski definition) is 1. The normalized spacial score (nSPS) is 54.0. The number of carboxylic acid groups (broad SMARTS) is 2. The van der Waals surface area contributed by atoms with Crippen LogP contribution in [0.5, 0.6) is 0 Å². The molecule has 0 aliphatic heterocycles. The Labute approximate surface area is 148 Å². The highest BCUT2D eigenvalue weighted by atomic mass is 16.4. The molecule has 4 aliphatic carbocycles. The lowest BCUT2D eigenvalue weighted by Gasteiger charge is -2.53. The molecule has 4 fully saturated rings. The average Bonchev–Trinajstić information content (AvgIpc) is 2.83. The highest BCUT2D eigenvalue weighted by Gasteiger charge is 2.74. The number of rotatable bonds is 2. The molecule has 0 heterocycles. The minimum Gasteiger partial charge on any atom is -0.550 e. The summed E-state index contributed by atoms with van der Waals surface area (Å²) in [5.41, 5.74) is -2.50. The van der Waals surface area contributed by atoms with Crippen LogP contribution in [0, 0.1) is 34.0 Å². The zero-order valence-electron chi connectivity index (χ0n) is 15.0. The van der Waals surface area contributed by atoms with Gasteiger partial charge in [0.15, 0.2) is 0 Å². The van der Waals surface area contributed by atoms with Crippen molar-refractivity contribution in [2.24, 2.45) is 34.0 Å². The van der Waals surface area contributed by atoms with Crippen LogP contribution in [0.2, 0.25) is 0 Å². The van der Waals surface area contributed by atoms with Crippen molar-refractivity contribution in [1.29, 1.82) is 0 Å². The van der Waals surface area contributed by atoms with Gasteiger partial charge in [-0.1, -0.05) is 26.8 Å². The number of carbonyl (C=O) groups excluding carboxylic acids is 2. The Hall–Kier alpha value is -1.36. The lowest BCUT2D eigenvalue weighted by Crippen LogP contribution is -2.56. The smallest absolute Gasteiger partial charge is 0.0860 e. The van der Waals surface area contributed by atoms with Gasteiger partial charge in [0.1, 0.15) is 0 Å². The number of carboxylic acids is 2. The lowest BCUT2D eigenvalue weighted by molar-refractivity contribution is -0.331. The first-order valence-electron chi connectivity index (χ1n) is 9.34. The molecule has 0 amide bonds. The van der Waals surface area contributed by atoms with Gasteiger partial charge in [-0.25, -0.2) is 0 Å². The minimum atomic E-state index is -1.17. The van der Waals surface area contributed by atoms with Crippen molar-refractivity contribution in [2.45, 2.75) is 64.4 Å². The first-order valence-corrected chi connectivity index (χ1v) is 9.34. The third kappa shape index (κ3) is 1.78. The maximum Gasteiger partial charge on any atom is 0.0860 e. The molecule has 4 aliphatic rings. The van der Waals surface area contributed by atoms with E-state index in [0.717, 1.165) is 19.3 Å². The van der Waals surface area contributed by atoms with Crippen LogP contribution in [0.25, 0.3) is 0 Å². The summed E-state index contributed by atoms with van der Waals surface area (Å²) in [4.78, 5) is 24.4. The number of hydrogen-bond acceptors (Lipinski definition) is 5. The molecule has 25 heavy (non-hydrogen) atoms. The molecular formula is C20H26O5-2. The fraction of sp³-hybridized carbons (Fsp3) is 0.800. The van der Waals surface area contributed by atoms with Crippen LogP contribution in [0.4, 0.5) is 0 Å². The van der Waals surface area contributed by atoms with E-state index >= 15 is 0 Å². The molecule has 4 rings (SSSR count). The number of carbonyl (C=O) groups is 2. The molecule has 0 aromatic rings. The van der Waals surface area contributed by atoms with Gasteiger partial charge in [0, 0.05) is 23.3 Å². The maximum absolute atomic E-state index is 12.3. The fourth-order valence-corrected chi connectivity index (χ4v) is 7.85. The highest BCUT2D eigenvalue weighted by molar-refractivity contribution is 5.77. The molecule has 5 nitrogen and oxygen atoms in total. The minimum absolute atomic E-state index is 0.0754. The third-order valence-corrected chi connectivity index (χ3v) is 8.64. The highest BCUT2D eigenvalue weighted by Crippen LogP contribution is 2.77. The molecule has 2 bridgehead atoms. The molecule has 1 N–H and O–H groups in total. The van der Waals surface area contributed by atoms with Crippen molar-refractivity contribution >= 4 is 11.9 Å². The lowest BCUT2D eigenvalue weighted by atomic mass is 9.53. The summed E-state index contributed by atoms with van der Waals surface area (Å²) in [6.45, 7) is 7.76. The van der Waals surface area contributed by atoms with Crippen molar-refractivity contribution < 1.29 is 24.9 Å². The summed E-state index contributed by atoms with van der Waals surface area (Å²) in [5.74, 6) is -3.66. The third-order valence-electron chi connectivity index (χ3n) is 8.64. The van der Waals surface area contributed by atoms with Crippen LogP contribution in [0.1, 0.15) is 58.8 Å². The number of aliphatic carboxylic acids is 2. The summed E-state index contributed by atoms with van der Waals surface area (Å²) in [6, 6.07) is 0. The zero-order valence-corrected chi connectivity index (χ0v) is 15.0. The maximum atomic E-state index is 12.3. The Kier molecular flexibility index (Phi) is 3.19. The predicted molar refractivity (Wildman–Crippen MR) is 85.5 cm³/mol. The van der Waals surface area contributed by atoms with Gasteiger partial charge in [0.2, 0.25) is 0 Å². The van der Waals surface area contributed by atoms with E-state index in [2.05, 4.69) is 13.5 Å². The standard InChI is InChI=1S/C20H28O5/c1-11-9-19-10-20(11,25)8-5-12(19)17(2)6-4-7-18(3,16(23)24)14(17)13(19)15(21)22/h12-14,25H,1,4-10H2,2-3H3,(H,21,22)(H,23,24)/p-2/t12-,13+,14-,17-,18+,19-,20-/m0/s1. The summed E-state index contributed by atoms with van der Waals surface area (Å²) in [6.07, 6.45) is 4.15. The molecular weight excluding hydrogens is 320 g/mol. The van der Waals surface area contributed by atoms with Crippen LogP contribution in [-0.4, -0.2) is 22.6 Å². The molecule has 0 aromatic heterocycles. The van der Waals surface area contributed by atoms with E-state index in [9.17, 15) is 24.9 Å². The van der Waals surface area contributed by atoms with Gasteiger partial charge in [-0.15, -0.1) is 0 Å². The molecule has 5 heteroatoms. The summed E-state index contributed by atoms with van der Waals surface area (Å²) in [7, 11) is 0. The van der Waals surface area contributed by atoms with Crippen LogP contribution in [0.15, 0.2) is 12.2 Å². The van der Waals surface area contributed by atoms with E-state index in [1.54, 1.807) is 6.92 Å². The van der Waals surface area contributed by atoms with E-state index in [4.69, 9.17) is 0 Å². The average molecular weight is 346 g/mol. The monoisotopic (exact) mass is 346 g/mol. The predicted octanol–water partition coefficient (Wildman–Crippen LogP) is 0.406. The van der Waals surface area contributed by atoms with Gasteiger partial charge in [0.25, 0.3) is 0 Å². The topological polar surface area (TPSA) is 100 Å². The Morgan fingerprint density at radius 1 is 1.20 bits per heavy atom. The Balaban J connectivity index is 1.94. The van der Waals surface area contributed by atoms with Crippen LogP contribution in [-0.2, 0) is 9.59 Å². The molecule has 1 spiro atoms. The largest absolute Gasteiger partial charge is 0.550 e. The number of fused-ring (bicyclic) bond motifs is 3. The molecule has 0 aromatic carbocycles. The second-order valence-electron chi connectivity index (χ2n) is 9.65. The summed E-state index contributed by atoms with van der Waals surface area (Å²) >= 11 is 0. The zero-order chi connectivity index (χ0) is 18.4. The molecule has 4 saturated carbocycles. The van der Waals surface area contributed by atoms with E-state index in [0.29, 0.717) is 31.3 Å². The quantitative estimate of drug-likeness (QED) is 0.730. The fourth-order valence-electron chi connectivity index (χ4n) is 7.85. The Bertz CT molecular complexity index is 686. The van der Waals surface area contributed by atoms with Crippen LogP contribution >= 0.6 is 0 Å². The van der Waals surface area contributed by atoms with Gasteiger partial charge in [-0.3, -0.25) is 0 Å². The first kappa shape index (κ1) is 17.1. The second kappa shape index (κ2) is 4.67. The van der Waals surface area contributed by atoms with Gasteiger partial charge >= 0.3 is 0 Å². The second-order valence-corrected chi connectivity index (χ2v) is 9.65. The van der Waals surface area contributed by atoms with Gasteiger partial charge in [-0.05, 0) is 66.8 Å². The van der Waals surface area contributed by atoms with E-state index < -0.39 is 40.2 Å². The van der Waals surface area contributed by atoms with Crippen molar-refractivity contribution in [1.82, 2.24) is 0 Å². The van der Waals surface area contributed by atoms with Crippen molar-refractivity contribution in [3.8, 4) is 0 Å². The first-order chi connectivity index (χ1) is 11.5. The number of aliphatic hydroxyl groups is 1. The van der Waals surface area contributed by atoms with Gasteiger partial charge in [0.05, 0.1) is 5.60 Å². The van der Waals surface area contributed by atoms with Crippen molar-refractivity contribution in [2.75, 3.05) is 0 Å². The van der Waals surface area contributed by atoms with E-state index in [-0.39, 0.29) is 11.3 Å². The van der Waals surface area contributed by atoms with E-state index in [1.807, 2.05) is 0 Å². The van der Waals surface area contributed by atoms with Crippen LogP contribution < -0.4 is 10.2 Å². The SMILES string of the molecule is C=C1C[C@]23C[C@@]1(O)CC[C@H]2[C@]1(C)CCC[C@@](C)(C(=O)[O-])[C@H]1[C@@H]3C(=O)[O-]. The van der Waals surface area contributed by atoms with E-state index in [1.165, 1.54) is 0 Å². The van der Waals surface area contributed by atoms with Gasteiger partial charge < -0.3 is 24.9 Å². The van der Waals surface area contributed by atoms with Crippen molar-refractivity contribution in [3.05, 3.63) is 12.2 Å². The molecule has 0 saturated heterocycles. The Morgan fingerprint density at radius 2 is 1.88 bits per heavy atom. The molecule has 7 atom stereocenters. The summed E-state index contributed by atoms with van der Waals surface area (Å²) < 4.78 is 0. The molecule has 0 unspecified atom stereocenters. The van der Waals surface area contributed by atoms with Crippen molar-refractivity contribution in [3.63, 3.8) is 0 Å². The molecule has 0 radical (unpaired) electrons. The van der Waals surface area contributed by atoms with Crippen LogP contribution in [0.3, 0.4) is 0 Å². The summed E-state index contributed by atoms with van der Waals surface area (Å²) in [5, 5.41) is 35.3. The molecule has 138 valence electrons. The Morgan fingerprint density at radius 3 is 2.48 bits per heavy atom.